The van der Waals surface area contributed by atoms with Crippen molar-refractivity contribution in [3.63, 3.8) is 0 Å². The van der Waals surface area contributed by atoms with Crippen LogP contribution in [0.25, 0.3) is 0 Å². The van der Waals surface area contributed by atoms with Gasteiger partial charge in [-0.2, -0.15) is 0 Å². The van der Waals surface area contributed by atoms with Crippen LogP contribution in [0.3, 0.4) is 0 Å². The Morgan fingerprint density at radius 1 is 1.07 bits per heavy atom. The number of furan rings is 1. The van der Waals surface area contributed by atoms with E-state index in [9.17, 15) is 14.4 Å². The molecule has 0 aliphatic heterocycles. The zero-order valence-electron chi connectivity index (χ0n) is 16.8. The molecule has 2 aliphatic carbocycles. The van der Waals surface area contributed by atoms with Crippen molar-refractivity contribution >= 4 is 23.5 Å². The van der Waals surface area contributed by atoms with Crippen LogP contribution in [0.15, 0.2) is 47.1 Å². The van der Waals surface area contributed by atoms with Crippen LogP contribution in [0.2, 0.25) is 0 Å². The van der Waals surface area contributed by atoms with E-state index in [4.69, 9.17) is 9.15 Å². The van der Waals surface area contributed by atoms with Gasteiger partial charge in [0.05, 0.1) is 24.1 Å². The number of esters is 1. The fraction of sp³-hybridized carbons (Fsp3) is 0.435. The van der Waals surface area contributed by atoms with E-state index in [0.717, 1.165) is 12.3 Å². The second-order valence-electron chi connectivity index (χ2n) is 8.16. The summed E-state index contributed by atoms with van der Waals surface area (Å²) in [5.74, 6) is 1.31. The molecule has 0 unspecified atom stereocenters. The number of rotatable bonds is 8. The number of carbonyl (C=O) groups is 3. The molecule has 30 heavy (non-hydrogen) atoms. The first kappa shape index (κ1) is 20.2. The molecule has 4 rings (SSSR count). The van der Waals surface area contributed by atoms with E-state index in [0.29, 0.717) is 35.3 Å². The molecule has 2 fully saturated rings. The molecule has 7 heteroatoms. The number of para-hydroxylation sites is 1. The van der Waals surface area contributed by atoms with Crippen LogP contribution in [0.4, 0.5) is 5.69 Å². The Hall–Kier alpha value is -3.09. The molecule has 2 aromatic rings. The van der Waals surface area contributed by atoms with Crippen molar-refractivity contribution in [1.29, 1.82) is 0 Å². The summed E-state index contributed by atoms with van der Waals surface area (Å²) in [5, 5.41) is 5.41. The van der Waals surface area contributed by atoms with Gasteiger partial charge in [-0.25, -0.2) is 0 Å². The topological polar surface area (TPSA) is 97.6 Å². The Kier molecular flexibility index (Phi) is 6.16. The van der Waals surface area contributed by atoms with Crippen LogP contribution in [0.5, 0.6) is 0 Å². The van der Waals surface area contributed by atoms with Gasteiger partial charge in [0.25, 0.3) is 11.8 Å². The molecule has 2 aliphatic rings. The second-order valence-corrected chi connectivity index (χ2v) is 8.16. The zero-order chi connectivity index (χ0) is 20.9. The quantitative estimate of drug-likeness (QED) is 0.649. The van der Waals surface area contributed by atoms with Gasteiger partial charge in [-0.3, -0.25) is 14.4 Å². The summed E-state index contributed by atoms with van der Waals surface area (Å²) in [6.45, 7) is -0.114. The first-order chi connectivity index (χ1) is 14.6. The molecule has 1 aromatic heterocycles. The first-order valence-electron chi connectivity index (χ1n) is 10.4. The predicted molar refractivity (Wildman–Crippen MR) is 109 cm³/mol. The van der Waals surface area contributed by atoms with Gasteiger partial charge in [0.2, 0.25) is 0 Å². The fourth-order valence-electron chi connectivity index (χ4n) is 4.70. The molecular formula is C23H26N2O5. The molecule has 0 spiro atoms. The number of benzene rings is 1. The maximum Gasteiger partial charge on any atom is 0.306 e. The average Bonchev–Trinajstić information content (AvgIpc) is 3.49. The van der Waals surface area contributed by atoms with Crippen molar-refractivity contribution in [2.75, 3.05) is 11.9 Å². The molecule has 1 aromatic carbocycles. The summed E-state index contributed by atoms with van der Waals surface area (Å²) < 4.78 is 10.4. The number of ether oxygens (including phenoxy) is 1. The van der Waals surface area contributed by atoms with Gasteiger partial charge in [0.15, 0.2) is 6.61 Å². The van der Waals surface area contributed by atoms with Gasteiger partial charge in [-0.1, -0.05) is 18.6 Å². The van der Waals surface area contributed by atoms with Crippen LogP contribution < -0.4 is 10.6 Å². The van der Waals surface area contributed by atoms with Crippen LogP contribution >= 0.6 is 0 Å². The monoisotopic (exact) mass is 410 g/mol. The number of amides is 2. The van der Waals surface area contributed by atoms with Crippen LogP contribution in [-0.2, 0) is 20.9 Å². The van der Waals surface area contributed by atoms with Gasteiger partial charge in [-0.15, -0.1) is 0 Å². The SMILES string of the molecule is O=C(COC(=O)C[C@@H]1C[C@H]2CC[C@@H]1C2)Nc1ccccc1C(=O)NCc1ccco1. The number of hydrogen-bond donors (Lipinski definition) is 2. The summed E-state index contributed by atoms with van der Waals surface area (Å²) in [5.41, 5.74) is 0.689. The highest BCUT2D eigenvalue weighted by molar-refractivity contribution is 6.04. The number of nitrogens with one attached hydrogen (secondary N) is 2. The summed E-state index contributed by atoms with van der Waals surface area (Å²) in [4.78, 5) is 36.9. The summed E-state index contributed by atoms with van der Waals surface area (Å²) in [6.07, 6.45) is 6.76. The minimum Gasteiger partial charge on any atom is -0.467 e. The highest BCUT2D eigenvalue weighted by Crippen LogP contribution is 2.49. The highest BCUT2D eigenvalue weighted by atomic mass is 16.5. The minimum atomic E-state index is -0.470. The predicted octanol–water partition coefficient (Wildman–Crippen LogP) is 3.52. The van der Waals surface area contributed by atoms with Crippen molar-refractivity contribution in [3.8, 4) is 0 Å². The van der Waals surface area contributed by atoms with E-state index in [1.807, 2.05) is 0 Å². The fourth-order valence-corrected chi connectivity index (χ4v) is 4.70. The molecule has 2 saturated carbocycles. The Morgan fingerprint density at radius 3 is 2.67 bits per heavy atom. The third-order valence-corrected chi connectivity index (χ3v) is 6.13. The van der Waals surface area contributed by atoms with Crippen molar-refractivity contribution in [2.45, 2.75) is 38.6 Å². The first-order valence-corrected chi connectivity index (χ1v) is 10.4. The number of carbonyl (C=O) groups excluding carboxylic acids is 3. The van der Waals surface area contributed by atoms with Crippen molar-refractivity contribution in [2.24, 2.45) is 17.8 Å². The Bertz CT molecular complexity index is 908. The minimum absolute atomic E-state index is 0.245. The van der Waals surface area contributed by atoms with Crippen LogP contribution in [0, 0.1) is 17.8 Å². The van der Waals surface area contributed by atoms with Gasteiger partial charge in [0, 0.05) is 6.42 Å². The summed E-state index contributed by atoms with van der Waals surface area (Å²) in [7, 11) is 0. The van der Waals surface area contributed by atoms with E-state index in [1.165, 1.54) is 25.5 Å². The normalized spacial score (nSPS) is 21.9. The molecule has 7 nitrogen and oxygen atoms in total. The number of hydrogen-bond acceptors (Lipinski definition) is 5. The molecule has 2 N–H and O–H groups in total. The van der Waals surface area contributed by atoms with Crippen molar-refractivity contribution in [1.82, 2.24) is 5.32 Å². The molecule has 2 bridgehead atoms. The van der Waals surface area contributed by atoms with Gasteiger partial charge < -0.3 is 19.8 Å². The zero-order valence-corrected chi connectivity index (χ0v) is 16.8. The number of fused-ring (bicyclic) bond motifs is 2. The third-order valence-electron chi connectivity index (χ3n) is 6.13. The Morgan fingerprint density at radius 2 is 1.93 bits per heavy atom. The second kappa shape index (κ2) is 9.15. The maximum atomic E-state index is 12.5. The van der Waals surface area contributed by atoms with E-state index in [2.05, 4.69) is 10.6 Å². The molecule has 0 saturated heterocycles. The third kappa shape index (κ3) is 4.90. The summed E-state index contributed by atoms with van der Waals surface area (Å²) >= 11 is 0. The van der Waals surface area contributed by atoms with Crippen molar-refractivity contribution in [3.05, 3.63) is 54.0 Å². The van der Waals surface area contributed by atoms with E-state index in [-0.39, 0.29) is 25.0 Å². The highest BCUT2D eigenvalue weighted by Gasteiger charge is 2.40. The Labute approximate surface area is 175 Å². The molecule has 0 radical (unpaired) electrons. The molecule has 158 valence electrons. The average molecular weight is 410 g/mol. The lowest BCUT2D eigenvalue weighted by Crippen LogP contribution is -2.26. The van der Waals surface area contributed by atoms with Crippen LogP contribution in [0.1, 0.15) is 48.2 Å². The molecule has 1 heterocycles. The molecule has 2 amide bonds. The lowest BCUT2D eigenvalue weighted by molar-refractivity contribution is -0.148. The van der Waals surface area contributed by atoms with Crippen molar-refractivity contribution < 1.29 is 23.5 Å². The van der Waals surface area contributed by atoms with E-state index >= 15 is 0 Å². The molecule has 3 atom stereocenters. The largest absolute Gasteiger partial charge is 0.467 e. The Balaban J connectivity index is 1.25. The number of anilines is 1. The van der Waals surface area contributed by atoms with Gasteiger partial charge >= 0.3 is 5.97 Å². The van der Waals surface area contributed by atoms with Gasteiger partial charge in [-0.05, 0) is 61.3 Å². The lowest BCUT2D eigenvalue weighted by atomic mass is 9.86. The lowest BCUT2D eigenvalue weighted by Gasteiger charge is -2.20. The molecular weight excluding hydrogens is 384 g/mol. The van der Waals surface area contributed by atoms with E-state index < -0.39 is 5.91 Å². The summed E-state index contributed by atoms with van der Waals surface area (Å²) in [6, 6.07) is 10.2. The standard InChI is InChI=1S/C23H26N2O5/c26-21(14-30-22(27)12-17-11-15-7-8-16(17)10-15)25-20-6-2-1-5-19(20)23(28)24-13-18-4-3-9-29-18/h1-6,9,15-17H,7-8,10-14H2,(H,24,28)(H,25,26)/t15-,16+,17-/m0/s1. The maximum absolute atomic E-state index is 12.5. The van der Waals surface area contributed by atoms with Gasteiger partial charge in [0.1, 0.15) is 5.76 Å². The smallest absolute Gasteiger partial charge is 0.306 e. The van der Waals surface area contributed by atoms with Crippen LogP contribution in [-0.4, -0.2) is 24.4 Å². The van der Waals surface area contributed by atoms with E-state index in [1.54, 1.807) is 36.4 Å².